The van der Waals surface area contributed by atoms with Crippen LogP contribution in [-0.2, 0) is 14.4 Å². The van der Waals surface area contributed by atoms with E-state index in [0.29, 0.717) is 23.4 Å². The maximum absolute atomic E-state index is 13.1. The Balaban J connectivity index is 1.92. The van der Waals surface area contributed by atoms with Gasteiger partial charge < -0.3 is 14.7 Å². The quantitative estimate of drug-likeness (QED) is 0.118. The Hall–Kier alpha value is -3.49. The second-order valence-corrected chi connectivity index (χ2v) is 8.22. The first-order chi connectivity index (χ1) is 16.2. The van der Waals surface area contributed by atoms with Gasteiger partial charge in [-0.1, -0.05) is 10.3 Å². The molecule has 0 unspecified atom stereocenters. The van der Waals surface area contributed by atoms with E-state index in [9.17, 15) is 34.8 Å². The molecule has 0 aliphatic heterocycles. The Morgan fingerprint density at radius 3 is 1.71 bits per heavy atom. The predicted molar refractivity (Wildman–Crippen MR) is 111 cm³/mol. The highest BCUT2D eigenvalue weighted by Gasteiger charge is 2.49. The van der Waals surface area contributed by atoms with Crippen LogP contribution < -0.4 is 9.47 Å². The van der Waals surface area contributed by atoms with Gasteiger partial charge in [-0.15, -0.1) is 0 Å². The molecule has 0 heterocycles. The summed E-state index contributed by atoms with van der Waals surface area (Å²) in [5.41, 5.74) is -7.51. The van der Waals surface area contributed by atoms with Crippen LogP contribution >= 0.6 is 0 Å². The zero-order valence-electron chi connectivity index (χ0n) is 17.8. The van der Waals surface area contributed by atoms with Gasteiger partial charge in [-0.05, 0) is 61.0 Å². The van der Waals surface area contributed by atoms with Crippen molar-refractivity contribution in [3.63, 3.8) is 0 Å². The third kappa shape index (κ3) is 8.05. The lowest BCUT2D eigenvalue weighted by Crippen LogP contribution is -2.28. The molecule has 0 aliphatic rings. The maximum Gasteiger partial charge on any atom is 0.536 e. The number of hydrogen-bond acceptors (Lipinski definition) is 8. The summed E-state index contributed by atoms with van der Waals surface area (Å²) in [6.07, 6.45) is -4.90. The molecule has 15 heteroatoms. The van der Waals surface area contributed by atoms with Crippen LogP contribution in [0.15, 0.2) is 58.8 Å². The third-order valence-electron chi connectivity index (χ3n) is 4.15. The molecule has 2 aromatic rings. The van der Waals surface area contributed by atoms with E-state index in [1.807, 2.05) is 0 Å². The van der Waals surface area contributed by atoms with Crippen molar-refractivity contribution in [2.45, 2.75) is 25.0 Å². The summed E-state index contributed by atoms with van der Waals surface area (Å²) in [6.45, 7) is 2.00. The molecule has 35 heavy (non-hydrogen) atoms. The topological polar surface area (TPSA) is 107 Å². The molecule has 2 aromatic carbocycles. The van der Waals surface area contributed by atoms with Crippen molar-refractivity contribution in [2.24, 2.45) is 10.3 Å². The summed E-state index contributed by atoms with van der Waals surface area (Å²) >= 11 is 0. The lowest BCUT2D eigenvalue weighted by atomic mass is 10.1. The Labute approximate surface area is 195 Å². The molecule has 0 aliphatic carbocycles. The number of halogens is 6. The van der Waals surface area contributed by atoms with Crippen molar-refractivity contribution in [1.29, 1.82) is 0 Å². The molecule has 192 valence electrons. The SMILES string of the molecule is CC(=NO)c1ccc(OCCCOc2ccc(C(=NOS(=O)(=O)C(F)(F)F)C(F)(F)F)cc2)cc1. The van der Waals surface area contributed by atoms with Crippen LogP contribution in [0.2, 0.25) is 0 Å². The monoisotopic (exact) mass is 528 g/mol. The van der Waals surface area contributed by atoms with Crippen LogP contribution in [0, 0.1) is 0 Å². The van der Waals surface area contributed by atoms with Gasteiger partial charge in [-0.2, -0.15) is 34.8 Å². The fourth-order valence-electron chi connectivity index (χ4n) is 2.39. The van der Waals surface area contributed by atoms with Gasteiger partial charge in [0, 0.05) is 12.0 Å². The van der Waals surface area contributed by atoms with Crippen LogP contribution in [0.25, 0.3) is 0 Å². The van der Waals surface area contributed by atoms with Gasteiger partial charge in [-0.25, -0.2) is 0 Å². The van der Waals surface area contributed by atoms with Crippen molar-refractivity contribution < 1.29 is 53.7 Å². The Morgan fingerprint density at radius 2 is 1.31 bits per heavy atom. The largest absolute Gasteiger partial charge is 0.536 e. The highest BCUT2D eigenvalue weighted by molar-refractivity contribution is 7.87. The van der Waals surface area contributed by atoms with Gasteiger partial charge in [0.1, 0.15) is 11.5 Å². The highest BCUT2D eigenvalue weighted by Crippen LogP contribution is 2.28. The molecule has 1 N–H and O–H groups in total. The number of benzene rings is 2. The smallest absolute Gasteiger partial charge is 0.493 e. The molecule has 0 atom stereocenters. The number of rotatable bonds is 10. The molecule has 0 saturated heterocycles. The average molecular weight is 528 g/mol. The second kappa shape index (κ2) is 11.3. The minimum Gasteiger partial charge on any atom is -0.493 e. The van der Waals surface area contributed by atoms with Crippen molar-refractivity contribution in [2.75, 3.05) is 13.2 Å². The molecule has 8 nitrogen and oxygen atoms in total. The first kappa shape index (κ1) is 27.8. The number of hydrogen-bond donors (Lipinski definition) is 1. The second-order valence-electron chi connectivity index (χ2n) is 6.70. The van der Waals surface area contributed by atoms with E-state index < -0.39 is 33.1 Å². The molecule has 0 aromatic heterocycles. The minimum absolute atomic E-state index is 0.126. The summed E-state index contributed by atoms with van der Waals surface area (Å²) in [5, 5.41) is 14.0. The van der Waals surface area contributed by atoms with Crippen molar-refractivity contribution in [1.82, 2.24) is 0 Å². The standard InChI is InChI=1S/C20H18F6N2O6S/c1-13(27-29)14-3-7-16(8-4-14)32-11-2-12-33-17-9-5-15(6-10-17)18(19(21,22)23)28-34-35(30,31)20(24,25)26/h3-10,29H,2,11-12H2,1H3. The first-order valence-electron chi connectivity index (χ1n) is 9.55. The zero-order valence-corrected chi connectivity index (χ0v) is 18.6. The maximum atomic E-state index is 13.1. The van der Waals surface area contributed by atoms with Gasteiger partial charge in [0.15, 0.2) is 5.71 Å². The van der Waals surface area contributed by atoms with Crippen molar-refractivity contribution in [3.05, 3.63) is 59.7 Å². The van der Waals surface area contributed by atoms with Crippen LogP contribution in [0.4, 0.5) is 26.3 Å². The van der Waals surface area contributed by atoms with E-state index in [2.05, 4.69) is 14.6 Å². The lowest BCUT2D eigenvalue weighted by molar-refractivity contribution is -0.0633. The third-order valence-corrected chi connectivity index (χ3v) is 4.99. The predicted octanol–water partition coefficient (Wildman–Crippen LogP) is 4.87. The normalized spacial score (nSPS) is 13.5. The van der Waals surface area contributed by atoms with E-state index in [0.717, 1.165) is 24.3 Å². The lowest BCUT2D eigenvalue weighted by Gasteiger charge is -2.12. The van der Waals surface area contributed by atoms with Crippen LogP contribution in [0.5, 0.6) is 11.5 Å². The summed E-state index contributed by atoms with van der Waals surface area (Å²) in [7, 11) is -6.35. The summed E-state index contributed by atoms with van der Waals surface area (Å²) < 4.78 is 112. The van der Waals surface area contributed by atoms with Crippen LogP contribution in [-0.4, -0.2) is 49.9 Å². The number of oxime groups is 2. The molecular formula is C20H18F6N2O6S. The molecule has 0 saturated carbocycles. The van der Waals surface area contributed by atoms with E-state index >= 15 is 0 Å². The Morgan fingerprint density at radius 1 is 0.857 bits per heavy atom. The van der Waals surface area contributed by atoms with Crippen LogP contribution in [0.1, 0.15) is 24.5 Å². The fraction of sp³-hybridized carbons (Fsp3) is 0.300. The molecule has 0 fully saturated rings. The Kier molecular flexibility index (Phi) is 8.95. The van der Waals surface area contributed by atoms with Gasteiger partial charge >= 0.3 is 21.8 Å². The van der Waals surface area contributed by atoms with Gasteiger partial charge in [0.05, 0.1) is 18.9 Å². The summed E-state index contributed by atoms with van der Waals surface area (Å²) in [5.74, 6) is 0.694. The van der Waals surface area contributed by atoms with Crippen molar-refractivity contribution in [3.8, 4) is 11.5 Å². The molecule has 2 rings (SSSR count). The van der Waals surface area contributed by atoms with Crippen molar-refractivity contribution >= 4 is 21.5 Å². The fourth-order valence-corrected chi connectivity index (χ4v) is 2.65. The zero-order chi connectivity index (χ0) is 26.3. The number of nitrogens with zero attached hydrogens (tertiary/aromatic N) is 2. The first-order valence-corrected chi connectivity index (χ1v) is 11.0. The minimum atomic E-state index is -6.35. The van der Waals surface area contributed by atoms with Gasteiger partial charge in [0.25, 0.3) is 0 Å². The van der Waals surface area contributed by atoms with Gasteiger partial charge in [-0.3, -0.25) is 4.28 Å². The highest BCUT2D eigenvalue weighted by atomic mass is 32.2. The van der Waals surface area contributed by atoms with Crippen LogP contribution in [0.3, 0.4) is 0 Å². The molecular weight excluding hydrogens is 510 g/mol. The molecule has 0 spiro atoms. The molecule has 0 radical (unpaired) electrons. The molecule has 0 amide bonds. The Bertz CT molecular complexity index is 1140. The van der Waals surface area contributed by atoms with E-state index in [-0.39, 0.29) is 19.0 Å². The van der Waals surface area contributed by atoms with E-state index in [1.54, 1.807) is 31.2 Å². The number of ether oxygens (including phenoxy) is 2. The summed E-state index contributed by atoms with van der Waals surface area (Å²) in [4.78, 5) is 0. The summed E-state index contributed by atoms with van der Waals surface area (Å²) in [6, 6.07) is 10.6. The molecule has 0 bridgehead atoms. The van der Waals surface area contributed by atoms with E-state index in [4.69, 9.17) is 14.7 Å². The van der Waals surface area contributed by atoms with E-state index in [1.165, 1.54) is 0 Å². The average Bonchev–Trinajstić information content (AvgIpc) is 2.78. The number of alkyl halides is 6. The van der Waals surface area contributed by atoms with Gasteiger partial charge in [0.2, 0.25) is 0 Å².